The molecule has 3 rings (SSSR count). The fourth-order valence-electron chi connectivity index (χ4n) is 3.48. The lowest BCUT2D eigenvalue weighted by Gasteiger charge is -2.30. The van der Waals surface area contributed by atoms with E-state index in [4.69, 9.17) is 0 Å². The second kappa shape index (κ2) is 7.28. The highest BCUT2D eigenvalue weighted by Gasteiger charge is 2.32. The largest absolute Gasteiger partial charge is 0.573 e. The Morgan fingerprint density at radius 3 is 2.43 bits per heavy atom. The smallest absolute Gasteiger partial charge is 0.406 e. The quantitative estimate of drug-likeness (QED) is 0.895. The van der Waals surface area contributed by atoms with Crippen molar-refractivity contribution < 1.29 is 17.9 Å². The molecule has 3 unspecified atom stereocenters. The first-order chi connectivity index (χ1) is 10.4. The molecular formula is C16H22ClF3N2O. The summed E-state index contributed by atoms with van der Waals surface area (Å²) in [4.78, 5) is 2.41. The summed E-state index contributed by atoms with van der Waals surface area (Å²) in [7, 11) is 0. The van der Waals surface area contributed by atoms with E-state index < -0.39 is 6.36 Å². The zero-order chi connectivity index (χ0) is 15.7. The number of fused-ring (bicyclic) bond motifs is 2. The Bertz CT molecular complexity index is 509. The zero-order valence-electron chi connectivity index (χ0n) is 13.0. The van der Waals surface area contributed by atoms with Crippen molar-refractivity contribution in [2.75, 3.05) is 13.1 Å². The zero-order valence-corrected chi connectivity index (χ0v) is 13.8. The highest BCUT2D eigenvalue weighted by molar-refractivity contribution is 5.85. The Labute approximate surface area is 140 Å². The van der Waals surface area contributed by atoms with Crippen LogP contribution in [0.15, 0.2) is 24.3 Å². The standard InChI is InChI=1S/C16H21F3N2O.ClH/c1-11(21-9-8-13-4-5-14(10-21)20-13)12-2-6-15(7-3-12)22-16(17,18)19;/h2-3,6-7,11,13-14,20H,4-5,8-10H2,1H3;1H. The number of hydrogen-bond acceptors (Lipinski definition) is 3. The van der Waals surface area contributed by atoms with Crippen LogP contribution in [0.2, 0.25) is 0 Å². The summed E-state index contributed by atoms with van der Waals surface area (Å²) < 4.78 is 40.5. The predicted octanol–water partition coefficient (Wildman–Crippen LogP) is 3.89. The normalized spacial score (nSPS) is 26.3. The summed E-state index contributed by atoms with van der Waals surface area (Å²) in [5.74, 6) is -0.167. The fourth-order valence-corrected chi connectivity index (χ4v) is 3.48. The van der Waals surface area contributed by atoms with Crippen molar-refractivity contribution >= 4 is 12.4 Å². The second-order valence-electron chi connectivity index (χ2n) is 6.21. The molecule has 2 heterocycles. The third kappa shape index (κ3) is 4.75. The molecule has 2 bridgehead atoms. The Kier molecular flexibility index (Phi) is 5.81. The minimum absolute atomic E-state index is 0. The topological polar surface area (TPSA) is 24.5 Å². The van der Waals surface area contributed by atoms with Crippen molar-refractivity contribution in [1.82, 2.24) is 10.2 Å². The monoisotopic (exact) mass is 350 g/mol. The van der Waals surface area contributed by atoms with Gasteiger partial charge in [-0.05, 0) is 43.9 Å². The molecule has 0 aromatic heterocycles. The number of nitrogens with zero attached hydrogens (tertiary/aromatic N) is 1. The SMILES string of the molecule is CC(c1ccc(OC(F)(F)F)cc1)N1CCC2CCC(C1)N2.Cl. The van der Waals surface area contributed by atoms with Crippen LogP contribution in [0.25, 0.3) is 0 Å². The van der Waals surface area contributed by atoms with Crippen LogP contribution in [0.5, 0.6) is 5.75 Å². The molecule has 0 spiro atoms. The number of likely N-dealkylation sites (tertiary alicyclic amines) is 1. The van der Waals surface area contributed by atoms with Gasteiger partial charge in [0.1, 0.15) is 5.75 Å². The van der Waals surface area contributed by atoms with Gasteiger partial charge in [0.25, 0.3) is 0 Å². The molecule has 1 aromatic carbocycles. The third-order valence-corrected chi connectivity index (χ3v) is 4.70. The molecule has 2 aliphatic rings. The van der Waals surface area contributed by atoms with Gasteiger partial charge in [0.15, 0.2) is 0 Å². The average Bonchev–Trinajstić information content (AvgIpc) is 2.77. The molecule has 130 valence electrons. The molecule has 0 radical (unpaired) electrons. The highest BCUT2D eigenvalue weighted by Crippen LogP contribution is 2.29. The Morgan fingerprint density at radius 2 is 1.78 bits per heavy atom. The number of alkyl halides is 3. The summed E-state index contributed by atoms with van der Waals surface area (Å²) in [5, 5.41) is 3.64. The van der Waals surface area contributed by atoms with Crippen molar-refractivity contribution in [3.63, 3.8) is 0 Å². The number of halogens is 4. The van der Waals surface area contributed by atoms with E-state index in [1.807, 2.05) is 0 Å². The van der Waals surface area contributed by atoms with Gasteiger partial charge in [0, 0.05) is 31.2 Å². The summed E-state index contributed by atoms with van der Waals surface area (Å²) in [6, 6.07) is 7.60. The van der Waals surface area contributed by atoms with Gasteiger partial charge in [0.2, 0.25) is 0 Å². The predicted molar refractivity (Wildman–Crippen MR) is 84.9 cm³/mol. The lowest BCUT2D eigenvalue weighted by molar-refractivity contribution is -0.274. The van der Waals surface area contributed by atoms with Crippen molar-refractivity contribution in [2.45, 2.75) is 50.7 Å². The van der Waals surface area contributed by atoms with Crippen LogP contribution in [-0.2, 0) is 0 Å². The van der Waals surface area contributed by atoms with Gasteiger partial charge in [0.05, 0.1) is 0 Å². The summed E-state index contributed by atoms with van der Waals surface area (Å²) >= 11 is 0. The number of nitrogens with one attached hydrogen (secondary N) is 1. The molecule has 0 aliphatic carbocycles. The van der Waals surface area contributed by atoms with Gasteiger partial charge in [-0.2, -0.15) is 0 Å². The molecule has 0 amide bonds. The maximum atomic E-state index is 12.2. The van der Waals surface area contributed by atoms with Gasteiger partial charge in [-0.1, -0.05) is 12.1 Å². The number of benzene rings is 1. The van der Waals surface area contributed by atoms with E-state index in [0.29, 0.717) is 12.1 Å². The first kappa shape index (κ1) is 18.4. The molecule has 1 aromatic rings. The first-order valence-electron chi connectivity index (χ1n) is 7.76. The molecule has 23 heavy (non-hydrogen) atoms. The van der Waals surface area contributed by atoms with Crippen LogP contribution >= 0.6 is 12.4 Å². The number of hydrogen-bond donors (Lipinski definition) is 1. The minimum Gasteiger partial charge on any atom is -0.406 e. The molecule has 7 heteroatoms. The van der Waals surface area contributed by atoms with Gasteiger partial charge in [-0.25, -0.2) is 0 Å². The highest BCUT2D eigenvalue weighted by atomic mass is 35.5. The molecule has 1 N–H and O–H groups in total. The maximum absolute atomic E-state index is 12.2. The van der Waals surface area contributed by atoms with Crippen LogP contribution < -0.4 is 10.1 Å². The molecule has 2 saturated heterocycles. The second-order valence-corrected chi connectivity index (χ2v) is 6.21. The van der Waals surface area contributed by atoms with Crippen LogP contribution in [0.1, 0.15) is 37.8 Å². The average molecular weight is 351 g/mol. The van der Waals surface area contributed by atoms with Crippen molar-refractivity contribution in [2.24, 2.45) is 0 Å². The minimum atomic E-state index is -4.64. The van der Waals surface area contributed by atoms with E-state index in [2.05, 4.69) is 21.9 Å². The summed E-state index contributed by atoms with van der Waals surface area (Å²) in [6.45, 7) is 4.13. The Morgan fingerprint density at radius 1 is 1.13 bits per heavy atom. The van der Waals surface area contributed by atoms with Gasteiger partial charge in [-0.15, -0.1) is 25.6 Å². The summed E-state index contributed by atoms with van der Waals surface area (Å²) in [6.07, 6.45) is -1.03. The Hall–Kier alpha value is -0.980. The van der Waals surface area contributed by atoms with Gasteiger partial charge in [-0.3, -0.25) is 4.90 Å². The lowest BCUT2D eigenvalue weighted by Crippen LogP contribution is -2.36. The summed E-state index contributed by atoms with van der Waals surface area (Å²) in [5.41, 5.74) is 1.02. The molecule has 2 fully saturated rings. The maximum Gasteiger partial charge on any atom is 0.573 e. The Balaban J connectivity index is 0.00000192. The third-order valence-electron chi connectivity index (χ3n) is 4.70. The van der Waals surface area contributed by atoms with Crippen LogP contribution in [-0.4, -0.2) is 36.4 Å². The van der Waals surface area contributed by atoms with E-state index in [0.717, 1.165) is 25.1 Å². The van der Waals surface area contributed by atoms with Crippen molar-refractivity contribution in [3.05, 3.63) is 29.8 Å². The molecular weight excluding hydrogens is 329 g/mol. The van der Waals surface area contributed by atoms with Gasteiger partial charge >= 0.3 is 6.36 Å². The van der Waals surface area contributed by atoms with Crippen molar-refractivity contribution in [3.8, 4) is 5.75 Å². The number of rotatable bonds is 3. The van der Waals surface area contributed by atoms with E-state index in [1.54, 1.807) is 12.1 Å². The molecule has 0 saturated carbocycles. The molecule has 3 atom stereocenters. The lowest BCUT2D eigenvalue weighted by atomic mass is 10.0. The molecule has 2 aliphatic heterocycles. The van der Waals surface area contributed by atoms with Crippen molar-refractivity contribution in [1.29, 1.82) is 0 Å². The van der Waals surface area contributed by atoms with Gasteiger partial charge < -0.3 is 10.1 Å². The van der Waals surface area contributed by atoms with E-state index in [9.17, 15) is 13.2 Å². The van der Waals surface area contributed by atoms with E-state index in [-0.39, 0.29) is 24.2 Å². The molecule has 3 nitrogen and oxygen atoms in total. The van der Waals surface area contributed by atoms with Crippen LogP contribution in [0.3, 0.4) is 0 Å². The number of ether oxygens (including phenoxy) is 1. The van der Waals surface area contributed by atoms with E-state index >= 15 is 0 Å². The first-order valence-corrected chi connectivity index (χ1v) is 7.76. The van der Waals surface area contributed by atoms with E-state index in [1.165, 1.54) is 25.0 Å². The fraction of sp³-hybridized carbons (Fsp3) is 0.625. The van der Waals surface area contributed by atoms with Crippen LogP contribution in [0.4, 0.5) is 13.2 Å². The van der Waals surface area contributed by atoms with Crippen LogP contribution in [0, 0.1) is 0 Å².